The van der Waals surface area contributed by atoms with E-state index in [-0.39, 0.29) is 17.4 Å². The van der Waals surface area contributed by atoms with Crippen LogP contribution in [0.15, 0.2) is 35.9 Å². The highest BCUT2D eigenvalue weighted by molar-refractivity contribution is 6.05. The number of nitrogens with zero attached hydrogens (tertiary/aromatic N) is 2. The minimum Gasteiger partial charge on any atom is -0.451 e. The van der Waals surface area contributed by atoms with Gasteiger partial charge in [-0.25, -0.2) is 4.79 Å². The zero-order valence-corrected chi connectivity index (χ0v) is 20.8. The smallest absolute Gasteiger partial charge is 0.349 e. The average Bonchev–Trinajstić information content (AvgIpc) is 3.10. The first-order valence-corrected chi connectivity index (χ1v) is 11.3. The third-order valence-electron chi connectivity index (χ3n) is 5.22. The number of rotatable bonds is 11. The summed E-state index contributed by atoms with van der Waals surface area (Å²) in [6.07, 6.45) is 1.44. The van der Waals surface area contributed by atoms with Gasteiger partial charge in [-0.2, -0.15) is 5.26 Å². The summed E-state index contributed by atoms with van der Waals surface area (Å²) >= 11 is 0. The molecule has 0 saturated heterocycles. The fourth-order valence-electron chi connectivity index (χ4n) is 3.37. The van der Waals surface area contributed by atoms with Crippen LogP contribution < -0.4 is 10.6 Å². The van der Waals surface area contributed by atoms with Crippen molar-refractivity contribution < 1.29 is 23.9 Å². The van der Waals surface area contributed by atoms with Crippen molar-refractivity contribution >= 4 is 29.5 Å². The van der Waals surface area contributed by atoms with Gasteiger partial charge in [0, 0.05) is 31.6 Å². The molecule has 2 rings (SSSR count). The number of carbonyl (C=O) groups excluding carboxylic acids is 3. The molecule has 0 atom stereocenters. The van der Waals surface area contributed by atoms with E-state index in [1.54, 1.807) is 31.4 Å². The fourth-order valence-corrected chi connectivity index (χ4v) is 3.37. The van der Waals surface area contributed by atoms with Gasteiger partial charge in [-0.3, -0.25) is 9.59 Å². The Labute approximate surface area is 205 Å². The number of hydrogen-bond acceptors (Lipinski definition) is 6. The summed E-state index contributed by atoms with van der Waals surface area (Å²) in [4.78, 5) is 37.3. The number of amides is 2. The molecule has 9 heteroatoms. The molecule has 0 unspecified atom stereocenters. The van der Waals surface area contributed by atoms with E-state index in [1.165, 1.54) is 6.08 Å². The van der Waals surface area contributed by atoms with Crippen LogP contribution >= 0.6 is 0 Å². The van der Waals surface area contributed by atoms with Gasteiger partial charge in [0.15, 0.2) is 6.61 Å². The number of anilines is 1. The molecule has 9 nitrogen and oxygen atoms in total. The maximum atomic E-state index is 12.5. The first kappa shape index (κ1) is 27.3. The maximum Gasteiger partial charge on any atom is 0.349 e. The maximum absolute atomic E-state index is 12.5. The van der Waals surface area contributed by atoms with E-state index in [1.807, 2.05) is 44.4 Å². The van der Waals surface area contributed by atoms with Crippen molar-refractivity contribution in [3.63, 3.8) is 0 Å². The normalized spacial score (nSPS) is 11.2. The number of ether oxygens (including phenoxy) is 2. The van der Waals surface area contributed by atoms with E-state index in [4.69, 9.17) is 9.47 Å². The molecule has 0 aliphatic rings. The number of nitriles is 1. The lowest BCUT2D eigenvalue weighted by Gasteiger charge is -2.12. The number of aryl methyl sites for hydroxylation is 1. The van der Waals surface area contributed by atoms with Gasteiger partial charge in [0.05, 0.1) is 17.9 Å². The Morgan fingerprint density at radius 2 is 1.91 bits per heavy atom. The van der Waals surface area contributed by atoms with Gasteiger partial charge in [-0.15, -0.1) is 0 Å². The van der Waals surface area contributed by atoms with Gasteiger partial charge in [-0.05, 0) is 49.6 Å². The summed E-state index contributed by atoms with van der Waals surface area (Å²) in [5, 5.41) is 14.9. The average molecular weight is 481 g/mol. The van der Waals surface area contributed by atoms with Crippen molar-refractivity contribution in [3.8, 4) is 6.07 Å². The van der Waals surface area contributed by atoms with Crippen LogP contribution in [0, 0.1) is 31.1 Å². The first-order chi connectivity index (χ1) is 16.7. The van der Waals surface area contributed by atoms with E-state index in [0.29, 0.717) is 36.5 Å². The Balaban J connectivity index is 2.04. The van der Waals surface area contributed by atoms with E-state index >= 15 is 0 Å². The van der Waals surface area contributed by atoms with E-state index in [0.717, 1.165) is 11.4 Å². The van der Waals surface area contributed by atoms with Crippen LogP contribution in [-0.2, 0) is 25.6 Å². The van der Waals surface area contributed by atoms with Crippen LogP contribution in [0.1, 0.15) is 41.2 Å². The van der Waals surface area contributed by atoms with Crippen LogP contribution in [0.4, 0.5) is 5.69 Å². The largest absolute Gasteiger partial charge is 0.451 e. The number of nitrogens with one attached hydrogen (secondary N) is 2. The van der Waals surface area contributed by atoms with Crippen LogP contribution in [-0.4, -0.2) is 49.2 Å². The molecule has 0 saturated carbocycles. The lowest BCUT2D eigenvalue weighted by molar-refractivity contribution is -0.142. The SMILES string of the molecule is COCCn1c(C)cc(/C=C(\C#N)C(=O)OCC(=O)Nc2ccccc2C(=O)NCC(C)C)c1C. The molecule has 0 radical (unpaired) electrons. The molecule has 1 aromatic carbocycles. The van der Waals surface area contributed by atoms with Crippen molar-refractivity contribution in [1.29, 1.82) is 5.26 Å². The number of aromatic nitrogens is 1. The van der Waals surface area contributed by atoms with E-state index in [9.17, 15) is 19.6 Å². The zero-order valence-electron chi connectivity index (χ0n) is 20.8. The molecular formula is C26H32N4O5. The molecule has 186 valence electrons. The summed E-state index contributed by atoms with van der Waals surface area (Å²) in [5.74, 6) is -1.58. The first-order valence-electron chi connectivity index (χ1n) is 11.3. The van der Waals surface area contributed by atoms with Crippen molar-refractivity contribution in [2.75, 3.05) is 32.2 Å². The quantitative estimate of drug-likeness (QED) is 0.289. The highest BCUT2D eigenvalue weighted by Gasteiger charge is 2.17. The number of hydrogen-bond donors (Lipinski definition) is 2. The molecule has 0 fully saturated rings. The number of carbonyl (C=O) groups is 3. The summed E-state index contributed by atoms with van der Waals surface area (Å²) in [5.41, 5.74) is 2.93. The Bertz CT molecular complexity index is 1140. The number of para-hydroxylation sites is 1. The minimum absolute atomic E-state index is 0.224. The number of esters is 1. The highest BCUT2D eigenvalue weighted by atomic mass is 16.5. The molecule has 2 amide bonds. The Morgan fingerprint density at radius 1 is 1.20 bits per heavy atom. The van der Waals surface area contributed by atoms with E-state index in [2.05, 4.69) is 10.6 Å². The Morgan fingerprint density at radius 3 is 2.57 bits per heavy atom. The van der Waals surface area contributed by atoms with Crippen LogP contribution in [0.25, 0.3) is 6.08 Å². The predicted octanol–water partition coefficient (Wildman–Crippen LogP) is 3.23. The number of methoxy groups -OCH3 is 1. The Kier molecular flexibility index (Phi) is 10.2. The lowest BCUT2D eigenvalue weighted by atomic mass is 10.1. The second kappa shape index (κ2) is 13.1. The second-order valence-corrected chi connectivity index (χ2v) is 8.41. The minimum atomic E-state index is -0.910. The van der Waals surface area contributed by atoms with Crippen molar-refractivity contribution in [3.05, 3.63) is 58.4 Å². The third kappa shape index (κ3) is 7.83. The number of benzene rings is 1. The van der Waals surface area contributed by atoms with Gasteiger partial charge in [0.2, 0.25) is 0 Å². The molecule has 35 heavy (non-hydrogen) atoms. The summed E-state index contributed by atoms with van der Waals surface area (Å²) in [6, 6.07) is 10.3. The molecule has 2 aromatic rings. The predicted molar refractivity (Wildman–Crippen MR) is 133 cm³/mol. The molecule has 1 heterocycles. The van der Waals surface area contributed by atoms with Gasteiger partial charge in [-0.1, -0.05) is 26.0 Å². The molecule has 1 aromatic heterocycles. The monoisotopic (exact) mass is 480 g/mol. The van der Waals surface area contributed by atoms with Gasteiger partial charge in [0.25, 0.3) is 11.8 Å². The summed E-state index contributed by atoms with van der Waals surface area (Å²) < 4.78 is 12.2. The van der Waals surface area contributed by atoms with Gasteiger partial charge >= 0.3 is 5.97 Å². The van der Waals surface area contributed by atoms with Crippen molar-refractivity contribution in [2.45, 2.75) is 34.2 Å². The molecular weight excluding hydrogens is 448 g/mol. The van der Waals surface area contributed by atoms with Crippen LogP contribution in [0.3, 0.4) is 0 Å². The van der Waals surface area contributed by atoms with E-state index < -0.39 is 18.5 Å². The summed E-state index contributed by atoms with van der Waals surface area (Å²) in [6.45, 7) is 8.84. The van der Waals surface area contributed by atoms with Crippen molar-refractivity contribution in [2.24, 2.45) is 5.92 Å². The van der Waals surface area contributed by atoms with Gasteiger partial charge in [0.1, 0.15) is 11.6 Å². The topological polar surface area (TPSA) is 122 Å². The highest BCUT2D eigenvalue weighted by Crippen LogP contribution is 2.19. The molecule has 2 N–H and O–H groups in total. The summed E-state index contributed by atoms with van der Waals surface area (Å²) in [7, 11) is 1.62. The van der Waals surface area contributed by atoms with Crippen molar-refractivity contribution in [1.82, 2.24) is 9.88 Å². The molecule has 0 bridgehead atoms. The third-order valence-corrected chi connectivity index (χ3v) is 5.22. The standard InChI is InChI=1S/C26H32N4O5/c1-17(2)15-28-25(32)22-8-6-7-9-23(22)29-24(31)16-35-26(33)21(14-27)13-20-12-18(3)30(19(20)4)10-11-34-5/h6-9,12-13,17H,10-11,15-16H2,1-5H3,(H,28,32)(H,29,31)/b21-13+. The molecule has 0 aliphatic carbocycles. The molecule has 0 spiro atoms. The van der Waals surface area contributed by atoms with Crippen LogP contribution in [0.5, 0.6) is 0 Å². The Hall–Kier alpha value is -3.90. The fraction of sp³-hybridized carbons (Fsp3) is 0.385. The molecule has 0 aliphatic heterocycles. The van der Waals surface area contributed by atoms with Crippen LogP contribution in [0.2, 0.25) is 0 Å². The second-order valence-electron chi connectivity index (χ2n) is 8.41. The van der Waals surface area contributed by atoms with Gasteiger partial charge < -0.3 is 24.7 Å². The zero-order chi connectivity index (χ0) is 26.0. The lowest BCUT2D eigenvalue weighted by Crippen LogP contribution is -2.29.